The van der Waals surface area contributed by atoms with Gasteiger partial charge in [0.15, 0.2) is 11.0 Å². The van der Waals surface area contributed by atoms with Gasteiger partial charge in [-0.2, -0.15) is 0 Å². The van der Waals surface area contributed by atoms with E-state index >= 15 is 0 Å². The van der Waals surface area contributed by atoms with Crippen LogP contribution in [0.2, 0.25) is 0 Å². The molecule has 4 rings (SSSR count). The highest BCUT2D eigenvalue weighted by atomic mass is 32.2. The molecule has 7 nitrogen and oxygen atoms in total. The average Bonchev–Trinajstić information content (AvgIpc) is 3.53. The number of aromatic nitrogens is 3. The van der Waals surface area contributed by atoms with Gasteiger partial charge in [-0.3, -0.25) is 9.69 Å². The largest absolute Gasteiger partial charge is 0.496 e. The lowest BCUT2D eigenvalue weighted by molar-refractivity contribution is -0.118. The van der Waals surface area contributed by atoms with E-state index in [1.54, 1.807) is 7.11 Å². The van der Waals surface area contributed by atoms with Crippen molar-refractivity contribution in [2.24, 2.45) is 0 Å². The summed E-state index contributed by atoms with van der Waals surface area (Å²) in [6.07, 6.45) is 2.37. The summed E-state index contributed by atoms with van der Waals surface area (Å²) < 4.78 is 7.68. The molecule has 0 bridgehead atoms. The Morgan fingerprint density at radius 3 is 2.59 bits per heavy atom. The average molecular weight is 480 g/mol. The van der Waals surface area contributed by atoms with Crippen LogP contribution in [0, 0.1) is 6.92 Å². The van der Waals surface area contributed by atoms with E-state index in [-0.39, 0.29) is 11.9 Å². The van der Waals surface area contributed by atoms with E-state index in [4.69, 9.17) is 4.74 Å². The highest BCUT2D eigenvalue weighted by Gasteiger charge is 2.26. The van der Waals surface area contributed by atoms with E-state index in [1.165, 1.54) is 24.6 Å². The number of nitrogens with one attached hydrogen (secondary N) is 1. The first-order chi connectivity index (χ1) is 16.6. The fraction of sp³-hybridized carbons (Fsp3) is 0.423. The molecule has 2 aromatic carbocycles. The van der Waals surface area contributed by atoms with E-state index in [9.17, 15) is 4.79 Å². The number of aryl methyl sites for hydroxylation is 1. The second-order valence-electron chi connectivity index (χ2n) is 8.46. The number of carbonyl (C=O) groups is 1. The van der Waals surface area contributed by atoms with E-state index < -0.39 is 0 Å². The third kappa shape index (κ3) is 5.45. The number of rotatable bonds is 10. The molecule has 1 aromatic heterocycles. The Morgan fingerprint density at radius 1 is 1.12 bits per heavy atom. The Balaban J connectivity index is 1.41. The first kappa shape index (κ1) is 24.3. The molecule has 2 heterocycles. The van der Waals surface area contributed by atoms with Gasteiger partial charge in [0, 0.05) is 24.2 Å². The molecule has 0 aliphatic carbocycles. The van der Waals surface area contributed by atoms with Gasteiger partial charge in [-0.05, 0) is 51.4 Å². The molecular weight excluding hydrogens is 446 g/mol. The molecule has 1 saturated heterocycles. The number of thioether (sulfide) groups is 1. The molecule has 3 aromatic rings. The van der Waals surface area contributed by atoms with Crippen LogP contribution < -0.4 is 10.1 Å². The molecule has 180 valence electrons. The van der Waals surface area contributed by atoms with Gasteiger partial charge in [-0.25, -0.2) is 0 Å². The van der Waals surface area contributed by atoms with E-state index in [0.29, 0.717) is 12.3 Å². The summed E-state index contributed by atoms with van der Waals surface area (Å²) in [5, 5.41) is 12.7. The number of carbonyl (C=O) groups excluding carboxylic acids is 1. The zero-order valence-electron chi connectivity index (χ0n) is 20.2. The molecule has 1 N–H and O–H groups in total. The number of amides is 1. The van der Waals surface area contributed by atoms with Crippen molar-refractivity contribution in [1.29, 1.82) is 0 Å². The molecule has 1 aliphatic rings. The summed E-state index contributed by atoms with van der Waals surface area (Å²) in [5.74, 6) is 1.99. The van der Waals surface area contributed by atoms with Gasteiger partial charge in [-0.1, -0.05) is 54.2 Å². The first-order valence-electron chi connectivity index (χ1n) is 11.9. The van der Waals surface area contributed by atoms with Gasteiger partial charge in [-0.15, -0.1) is 10.2 Å². The third-order valence-electron chi connectivity index (χ3n) is 6.32. The van der Waals surface area contributed by atoms with Crippen LogP contribution in [0.1, 0.15) is 36.9 Å². The van der Waals surface area contributed by atoms with Gasteiger partial charge in [0.25, 0.3) is 0 Å². The Labute approximate surface area is 205 Å². The standard InChI is InChI=1S/C26H33N5O2S/c1-4-31-25(20-12-6-5-11-19(20)2)28-29-26(31)34-18-24(32)27-17-22(30-15-9-10-16-30)21-13-7-8-14-23(21)33-3/h5-8,11-14,22H,4,9-10,15-18H2,1-3H3,(H,27,32). The Hall–Kier alpha value is -2.84. The third-order valence-corrected chi connectivity index (χ3v) is 7.29. The van der Waals surface area contributed by atoms with Crippen LogP contribution in [-0.4, -0.2) is 58.1 Å². The summed E-state index contributed by atoms with van der Waals surface area (Å²) in [7, 11) is 1.70. The summed E-state index contributed by atoms with van der Waals surface area (Å²) in [4.78, 5) is 15.3. The van der Waals surface area contributed by atoms with E-state index in [0.717, 1.165) is 53.1 Å². The number of hydrogen-bond donors (Lipinski definition) is 1. The molecule has 1 amide bonds. The Morgan fingerprint density at radius 2 is 1.85 bits per heavy atom. The normalized spacial score (nSPS) is 14.8. The Kier molecular flexibility index (Phi) is 8.24. The minimum Gasteiger partial charge on any atom is -0.496 e. The van der Waals surface area contributed by atoms with Crippen LogP contribution in [0.15, 0.2) is 53.7 Å². The lowest BCUT2D eigenvalue weighted by atomic mass is 10.0. The van der Waals surface area contributed by atoms with Crippen molar-refractivity contribution in [1.82, 2.24) is 25.0 Å². The number of methoxy groups -OCH3 is 1. The predicted molar refractivity (Wildman–Crippen MR) is 136 cm³/mol. The topological polar surface area (TPSA) is 72.3 Å². The Bertz CT molecular complexity index is 1110. The molecule has 0 saturated carbocycles. The van der Waals surface area contributed by atoms with Crippen molar-refractivity contribution in [2.75, 3.05) is 32.5 Å². The number of ether oxygens (including phenoxy) is 1. The molecule has 1 fully saturated rings. The maximum absolute atomic E-state index is 12.8. The summed E-state index contributed by atoms with van der Waals surface area (Å²) in [6.45, 7) is 7.51. The van der Waals surface area contributed by atoms with Gasteiger partial charge >= 0.3 is 0 Å². The van der Waals surface area contributed by atoms with Crippen LogP contribution in [0.3, 0.4) is 0 Å². The molecule has 1 aliphatic heterocycles. The monoisotopic (exact) mass is 479 g/mol. The van der Waals surface area contributed by atoms with Crippen molar-refractivity contribution in [2.45, 2.75) is 44.4 Å². The number of para-hydroxylation sites is 1. The minimum absolute atomic E-state index is 0.00723. The number of hydrogen-bond acceptors (Lipinski definition) is 6. The second-order valence-corrected chi connectivity index (χ2v) is 9.40. The quantitative estimate of drug-likeness (QED) is 0.437. The van der Waals surface area contributed by atoms with Gasteiger partial charge in [0.1, 0.15) is 5.75 Å². The van der Waals surface area contributed by atoms with Crippen molar-refractivity contribution < 1.29 is 9.53 Å². The lowest BCUT2D eigenvalue weighted by Gasteiger charge is -2.29. The molecule has 1 unspecified atom stereocenters. The number of nitrogens with zero attached hydrogens (tertiary/aromatic N) is 4. The summed E-state index contributed by atoms with van der Waals surface area (Å²) >= 11 is 1.43. The smallest absolute Gasteiger partial charge is 0.230 e. The maximum Gasteiger partial charge on any atom is 0.230 e. The number of benzene rings is 2. The SMILES string of the molecule is CCn1c(SCC(=O)NCC(c2ccccc2OC)N2CCCC2)nnc1-c1ccccc1C. The molecule has 0 radical (unpaired) electrons. The molecule has 0 spiro atoms. The highest BCUT2D eigenvalue weighted by molar-refractivity contribution is 7.99. The van der Waals surface area contributed by atoms with Gasteiger partial charge < -0.3 is 14.6 Å². The first-order valence-corrected chi connectivity index (χ1v) is 12.9. The second kappa shape index (κ2) is 11.5. The van der Waals surface area contributed by atoms with Crippen LogP contribution >= 0.6 is 11.8 Å². The summed E-state index contributed by atoms with van der Waals surface area (Å²) in [6, 6.07) is 16.3. The van der Waals surface area contributed by atoms with Gasteiger partial charge in [0.2, 0.25) is 5.91 Å². The zero-order chi connectivity index (χ0) is 23.9. The van der Waals surface area contributed by atoms with Crippen LogP contribution in [-0.2, 0) is 11.3 Å². The fourth-order valence-electron chi connectivity index (χ4n) is 4.53. The van der Waals surface area contributed by atoms with Crippen LogP contribution in [0.4, 0.5) is 0 Å². The molecule has 8 heteroatoms. The van der Waals surface area contributed by atoms with E-state index in [2.05, 4.69) is 57.0 Å². The molecular formula is C26H33N5O2S. The highest BCUT2D eigenvalue weighted by Crippen LogP contribution is 2.31. The summed E-state index contributed by atoms with van der Waals surface area (Å²) in [5.41, 5.74) is 3.34. The van der Waals surface area contributed by atoms with Crippen LogP contribution in [0.25, 0.3) is 11.4 Å². The van der Waals surface area contributed by atoms with Crippen LogP contribution in [0.5, 0.6) is 5.75 Å². The molecule has 1 atom stereocenters. The van der Waals surface area contributed by atoms with Gasteiger partial charge in [0.05, 0.1) is 18.9 Å². The number of likely N-dealkylation sites (tertiary alicyclic amines) is 1. The van der Waals surface area contributed by atoms with Crippen molar-refractivity contribution >= 4 is 17.7 Å². The lowest BCUT2D eigenvalue weighted by Crippen LogP contribution is -2.37. The molecule has 34 heavy (non-hydrogen) atoms. The van der Waals surface area contributed by atoms with Crippen molar-refractivity contribution in [3.05, 3.63) is 59.7 Å². The zero-order valence-corrected chi connectivity index (χ0v) is 21.0. The van der Waals surface area contributed by atoms with Crippen molar-refractivity contribution in [3.8, 4) is 17.1 Å². The predicted octanol–water partition coefficient (Wildman–Crippen LogP) is 4.33. The minimum atomic E-state index is -0.00723. The van der Waals surface area contributed by atoms with E-state index in [1.807, 2.05) is 30.3 Å². The maximum atomic E-state index is 12.8. The fourth-order valence-corrected chi connectivity index (χ4v) is 5.36. The van der Waals surface area contributed by atoms with Crippen molar-refractivity contribution in [3.63, 3.8) is 0 Å².